The lowest BCUT2D eigenvalue weighted by Crippen LogP contribution is -2.35. The molecule has 0 unspecified atom stereocenters. The van der Waals surface area contributed by atoms with Crippen LogP contribution in [-0.4, -0.2) is 45.2 Å². The molecule has 0 atom stereocenters. The molecule has 1 heterocycles. The first-order valence-corrected chi connectivity index (χ1v) is 7.42. The van der Waals surface area contributed by atoms with Crippen LogP contribution in [0.25, 0.3) is 0 Å². The minimum atomic E-state index is -0.201. The monoisotopic (exact) mass is 285 g/mol. The van der Waals surface area contributed by atoms with Crippen LogP contribution in [0.1, 0.15) is 55.9 Å². The quantitative estimate of drug-likeness (QED) is 0.869. The number of aliphatic hydroxyl groups excluding tert-OH is 1. The fourth-order valence-corrected chi connectivity index (χ4v) is 2.59. The van der Waals surface area contributed by atoms with Crippen LogP contribution in [0.3, 0.4) is 0 Å². The molecular formula is C13H23N3O2S. The van der Waals surface area contributed by atoms with E-state index in [1.807, 2.05) is 20.8 Å². The molecule has 19 heavy (non-hydrogen) atoms. The first kappa shape index (κ1) is 16.0. The molecule has 0 bridgehead atoms. The molecule has 0 spiro atoms. The number of unbranched alkanes of at least 4 members (excludes halogenated alkanes) is 1. The lowest BCUT2D eigenvalue weighted by molar-refractivity contribution is 0.0721. The summed E-state index contributed by atoms with van der Waals surface area (Å²) in [5.41, 5.74) is 0.537. The van der Waals surface area contributed by atoms with Crippen molar-refractivity contribution in [3.05, 3.63) is 10.6 Å². The van der Waals surface area contributed by atoms with E-state index in [1.54, 1.807) is 4.90 Å². The van der Waals surface area contributed by atoms with Crippen LogP contribution >= 0.6 is 11.5 Å². The number of hydrogen-bond donors (Lipinski definition) is 1. The lowest BCUT2D eigenvalue weighted by atomic mass is 9.91. The number of carbonyl (C=O) groups excluding carboxylic acids is 1. The van der Waals surface area contributed by atoms with E-state index < -0.39 is 0 Å². The molecule has 1 aromatic heterocycles. The van der Waals surface area contributed by atoms with Crippen molar-refractivity contribution < 1.29 is 9.90 Å². The smallest absolute Gasteiger partial charge is 0.267 e. The molecule has 1 N–H and O–H groups in total. The molecule has 5 nitrogen and oxygen atoms in total. The fourth-order valence-electron chi connectivity index (χ4n) is 1.75. The average Bonchev–Trinajstić information content (AvgIpc) is 2.82. The largest absolute Gasteiger partial charge is 0.395 e. The number of aromatic nitrogens is 2. The summed E-state index contributed by atoms with van der Waals surface area (Å²) in [6, 6.07) is 0. The number of hydrogen-bond acceptors (Lipinski definition) is 5. The molecule has 0 aliphatic heterocycles. The SMILES string of the molecule is CCCCN(CCO)C(=O)c1snnc1C(C)(C)C. The second kappa shape index (κ2) is 6.96. The zero-order chi connectivity index (χ0) is 14.5. The Bertz CT molecular complexity index is 412. The maximum atomic E-state index is 12.5. The lowest BCUT2D eigenvalue weighted by Gasteiger charge is -2.23. The first-order valence-electron chi connectivity index (χ1n) is 6.64. The van der Waals surface area contributed by atoms with Gasteiger partial charge in [-0.3, -0.25) is 4.79 Å². The Labute approximate surface area is 118 Å². The Balaban J connectivity index is 2.93. The molecule has 1 amide bonds. The van der Waals surface area contributed by atoms with Crippen molar-refractivity contribution in [3.8, 4) is 0 Å². The van der Waals surface area contributed by atoms with Gasteiger partial charge in [0.1, 0.15) is 4.88 Å². The third-order valence-electron chi connectivity index (χ3n) is 2.83. The highest BCUT2D eigenvalue weighted by molar-refractivity contribution is 7.08. The van der Waals surface area contributed by atoms with Gasteiger partial charge in [0.15, 0.2) is 0 Å². The Kier molecular flexibility index (Phi) is 5.87. The molecule has 0 saturated carbocycles. The van der Waals surface area contributed by atoms with Gasteiger partial charge in [-0.15, -0.1) is 5.10 Å². The summed E-state index contributed by atoms with van der Waals surface area (Å²) < 4.78 is 3.91. The minimum absolute atomic E-state index is 0.0213. The van der Waals surface area contributed by atoms with E-state index in [9.17, 15) is 4.79 Å². The summed E-state index contributed by atoms with van der Waals surface area (Å²) >= 11 is 1.14. The molecule has 108 valence electrons. The van der Waals surface area contributed by atoms with Crippen LogP contribution in [0.4, 0.5) is 0 Å². The molecule has 0 fully saturated rings. The van der Waals surface area contributed by atoms with Crippen LogP contribution in [0.2, 0.25) is 0 Å². The van der Waals surface area contributed by atoms with Crippen LogP contribution in [0.15, 0.2) is 0 Å². The van der Waals surface area contributed by atoms with Crippen LogP contribution in [-0.2, 0) is 5.41 Å². The zero-order valence-electron chi connectivity index (χ0n) is 12.1. The number of carbonyl (C=O) groups is 1. The summed E-state index contributed by atoms with van der Waals surface area (Å²) in [4.78, 5) is 14.8. The summed E-state index contributed by atoms with van der Waals surface area (Å²) in [6.07, 6.45) is 1.95. The van der Waals surface area contributed by atoms with E-state index in [1.165, 1.54) is 0 Å². The van der Waals surface area contributed by atoms with Gasteiger partial charge in [0, 0.05) is 18.5 Å². The second-order valence-corrected chi connectivity index (χ2v) is 6.32. The topological polar surface area (TPSA) is 66.3 Å². The number of aliphatic hydroxyl groups is 1. The molecule has 0 aromatic carbocycles. The highest BCUT2D eigenvalue weighted by atomic mass is 32.1. The minimum Gasteiger partial charge on any atom is -0.395 e. The molecular weight excluding hydrogens is 262 g/mol. The van der Waals surface area contributed by atoms with Gasteiger partial charge >= 0.3 is 0 Å². The van der Waals surface area contributed by atoms with Crippen LogP contribution < -0.4 is 0 Å². The van der Waals surface area contributed by atoms with Crippen molar-refractivity contribution in [2.75, 3.05) is 19.7 Å². The van der Waals surface area contributed by atoms with Crippen molar-refractivity contribution in [2.24, 2.45) is 0 Å². The van der Waals surface area contributed by atoms with E-state index in [-0.39, 0.29) is 17.9 Å². The average molecular weight is 285 g/mol. The van der Waals surface area contributed by atoms with Crippen LogP contribution in [0, 0.1) is 0 Å². The Morgan fingerprint density at radius 3 is 2.58 bits per heavy atom. The van der Waals surface area contributed by atoms with Crippen molar-refractivity contribution in [1.29, 1.82) is 0 Å². The number of amides is 1. The van der Waals surface area contributed by atoms with Crippen molar-refractivity contribution >= 4 is 17.4 Å². The van der Waals surface area contributed by atoms with Crippen molar-refractivity contribution in [2.45, 2.75) is 46.0 Å². The zero-order valence-corrected chi connectivity index (χ0v) is 13.0. The van der Waals surface area contributed by atoms with Gasteiger partial charge in [0.2, 0.25) is 0 Å². The fraction of sp³-hybridized carbons (Fsp3) is 0.769. The van der Waals surface area contributed by atoms with Gasteiger partial charge in [0.25, 0.3) is 5.91 Å². The van der Waals surface area contributed by atoms with Gasteiger partial charge < -0.3 is 10.0 Å². The predicted octanol–water partition coefficient (Wildman–Crippen LogP) is 2.07. The van der Waals surface area contributed by atoms with Gasteiger partial charge in [-0.05, 0) is 18.0 Å². The molecule has 0 saturated heterocycles. The highest BCUT2D eigenvalue weighted by Gasteiger charge is 2.28. The normalized spacial score (nSPS) is 11.6. The molecule has 1 rings (SSSR count). The van der Waals surface area contributed by atoms with E-state index in [0.29, 0.717) is 18.0 Å². The Morgan fingerprint density at radius 2 is 2.05 bits per heavy atom. The maximum Gasteiger partial charge on any atom is 0.267 e. The van der Waals surface area contributed by atoms with Gasteiger partial charge in [-0.25, -0.2) is 0 Å². The summed E-state index contributed by atoms with van der Waals surface area (Å²) in [6.45, 7) is 9.13. The number of nitrogens with zero attached hydrogens (tertiary/aromatic N) is 3. The van der Waals surface area contributed by atoms with Gasteiger partial charge in [-0.1, -0.05) is 38.6 Å². The summed E-state index contributed by atoms with van der Waals surface area (Å²) in [7, 11) is 0. The maximum absolute atomic E-state index is 12.5. The van der Waals surface area contributed by atoms with Crippen molar-refractivity contribution in [1.82, 2.24) is 14.5 Å². The second-order valence-electron chi connectivity index (χ2n) is 5.57. The molecule has 6 heteroatoms. The molecule has 1 aromatic rings. The van der Waals surface area contributed by atoms with Gasteiger partial charge in [-0.2, -0.15) is 0 Å². The first-order chi connectivity index (χ1) is 8.91. The predicted molar refractivity (Wildman–Crippen MR) is 76.5 cm³/mol. The van der Waals surface area contributed by atoms with Crippen LogP contribution in [0.5, 0.6) is 0 Å². The third kappa shape index (κ3) is 4.24. The summed E-state index contributed by atoms with van der Waals surface area (Å²) in [5.74, 6) is -0.0672. The van der Waals surface area contributed by atoms with Gasteiger partial charge in [0.05, 0.1) is 12.3 Å². The Hall–Kier alpha value is -1.01. The standard InChI is InChI=1S/C13H23N3O2S/c1-5-6-7-16(8-9-17)12(18)10-11(13(2,3)4)14-15-19-10/h17H,5-9H2,1-4H3. The van der Waals surface area contributed by atoms with E-state index >= 15 is 0 Å². The van der Waals surface area contributed by atoms with E-state index in [4.69, 9.17) is 5.11 Å². The third-order valence-corrected chi connectivity index (χ3v) is 3.55. The molecule has 0 radical (unpaired) electrons. The molecule has 0 aliphatic carbocycles. The summed E-state index contributed by atoms with van der Waals surface area (Å²) in [5, 5.41) is 13.2. The van der Waals surface area contributed by atoms with E-state index in [2.05, 4.69) is 16.5 Å². The molecule has 0 aliphatic rings. The van der Waals surface area contributed by atoms with E-state index in [0.717, 1.165) is 30.1 Å². The Morgan fingerprint density at radius 1 is 1.37 bits per heavy atom. The highest BCUT2D eigenvalue weighted by Crippen LogP contribution is 2.26. The van der Waals surface area contributed by atoms with Crippen molar-refractivity contribution in [3.63, 3.8) is 0 Å². The number of rotatable bonds is 6.